The molecule has 0 saturated carbocycles. The van der Waals surface area contributed by atoms with Crippen LogP contribution < -0.4 is 4.74 Å². The van der Waals surface area contributed by atoms with Crippen LogP contribution in [0.4, 0.5) is 5.69 Å². The molecule has 0 fully saturated rings. The fourth-order valence-corrected chi connectivity index (χ4v) is 2.37. The van der Waals surface area contributed by atoms with Crippen molar-refractivity contribution in [1.29, 1.82) is 0 Å². The van der Waals surface area contributed by atoms with Gasteiger partial charge < -0.3 is 14.8 Å². The molecule has 2 N–H and O–H groups in total. The monoisotopic (exact) mass is 323 g/mol. The largest absolute Gasteiger partial charge is 0.493 e. The number of aromatic hydroxyl groups is 1. The molecule has 1 amide bonds. The molecule has 6 heteroatoms. The molecule has 0 bridgehead atoms. The quantitative estimate of drug-likeness (QED) is 0.706. The van der Waals surface area contributed by atoms with Crippen molar-refractivity contribution >= 4 is 22.5 Å². The Morgan fingerprint density at radius 1 is 1.17 bits per heavy atom. The highest BCUT2D eigenvalue weighted by Gasteiger charge is 2.11. The van der Waals surface area contributed by atoms with Crippen LogP contribution in [0.25, 0.3) is 10.9 Å². The molecule has 24 heavy (non-hydrogen) atoms. The smallest absolute Gasteiger partial charge is 0.302 e. The molecule has 0 atom stereocenters. The minimum atomic E-state index is -0.527. The Hall–Kier alpha value is -3.15. The van der Waals surface area contributed by atoms with Gasteiger partial charge in [0.15, 0.2) is 12.3 Å². The topological polar surface area (TPSA) is 87.0 Å². The summed E-state index contributed by atoms with van der Waals surface area (Å²) in [6, 6.07) is 12.9. The third kappa shape index (κ3) is 3.12. The molecule has 0 radical (unpaired) electrons. The normalized spacial score (nSPS) is 11.2. The highest BCUT2D eigenvalue weighted by Crippen LogP contribution is 2.35. The van der Waals surface area contributed by atoms with Crippen molar-refractivity contribution in [2.24, 2.45) is 10.2 Å². The number of H-pyrrole nitrogens is 1. The summed E-state index contributed by atoms with van der Waals surface area (Å²) in [7, 11) is 0. The summed E-state index contributed by atoms with van der Waals surface area (Å²) in [5.41, 5.74) is 3.04. The van der Waals surface area contributed by atoms with Crippen molar-refractivity contribution in [2.45, 2.75) is 13.8 Å². The SMILES string of the molecule is Cc1cccc(OCC(=O)N=Nc2c(O)[nH]c3ccccc23)c1C. The molecule has 6 nitrogen and oxygen atoms in total. The van der Waals surface area contributed by atoms with Crippen LogP contribution in [-0.4, -0.2) is 22.6 Å². The first-order chi connectivity index (χ1) is 11.6. The molecule has 122 valence electrons. The molecule has 1 heterocycles. The van der Waals surface area contributed by atoms with Crippen molar-refractivity contribution in [3.8, 4) is 11.6 Å². The number of fused-ring (bicyclic) bond motifs is 1. The number of aromatic amines is 1. The first-order valence-electron chi connectivity index (χ1n) is 7.49. The standard InChI is InChI=1S/C18H17N3O3/c1-11-6-5-9-15(12(11)2)24-10-16(22)20-21-17-13-7-3-4-8-14(13)19-18(17)23/h3-9,19,23H,10H2,1-2H3. The van der Waals surface area contributed by atoms with Gasteiger partial charge in [0.1, 0.15) is 5.75 Å². The summed E-state index contributed by atoms with van der Waals surface area (Å²) in [4.78, 5) is 14.7. The van der Waals surface area contributed by atoms with Gasteiger partial charge in [0.05, 0.1) is 5.52 Å². The first kappa shape index (κ1) is 15.7. The number of carbonyl (C=O) groups excluding carboxylic acids is 1. The number of hydrogen-bond donors (Lipinski definition) is 2. The van der Waals surface area contributed by atoms with Crippen LogP contribution in [0.15, 0.2) is 52.7 Å². The van der Waals surface area contributed by atoms with Gasteiger partial charge in [-0.15, -0.1) is 10.2 Å². The third-order valence-electron chi connectivity index (χ3n) is 3.83. The van der Waals surface area contributed by atoms with Gasteiger partial charge in [-0.25, -0.2) is 0 Å². The number of aryl methyl sites for hydroxylation is 1. The maximum atomic E-state index is 11.9. The predicted octanol–water partition coefficient (Wildman–Crippen LogP) is 4.18. The number of azo groups is 1. The van der Waals surface area contributed by atoms with Crippen molar-refractivity contribution in [2.75, 3.05) is 6.61 Å². The fourth-order valence-electron chi connectivity index (χ4n) is 2.37. The van der Waals surface area contributed by atoms with Crippen LogP contribution in [-0.2, 0) is 4.79 Å². The minimum Gasteiger partial charge on any atom is -0.493 e. The maximum absolute atomic E-state index is 11.9. The van der Waals surface area contributed by atoms with Crippen molar-refractivity contribution in [3.63, 3.8) is 0 Å². The molecule has 1 aromatic heterocycles. The van der Waals surface area contributed by atoms with Crippen LogP contribution in [0.1, 0.15) is 11.1 Å². The van der Waals surface area contributed by atoms with Crippen molar-refractivity contribution < 1.29 is 14.6 Å². The van der Waals surface area contributed by atoms with E-state index in [2.05, 4.69) is 15.2 Å². The van der Waals surface area contributed by atoms with Gasteiger partial charge in [-0.05, 0) is 37.1 Å². The molecular weight excluding hydrogens is 306 g/mol. The maximum Gasteiger partial charge on any atom is 0.302 e. The van der Waals surface area contributed by atoms with Gasteiger partial charge in [0.25, 0.3) is 0 Å². The number of nitrogens with one attached hydrogen (secondary N) is 1. The van der Waals surface area contributed by atoms with Gasteiger partial charge >= 0.3 is 5.91 Å². The van der Waals surface area contributed by atoms with Crippen LogP contribution in [0.5, 0.6) is 11.6 Å². The minimum absolute atomic E-state index is 0.122. The van der Waals surface area contributed by atoms with Crippen molar-refractivity contribution in [1.82, 2.24) is 4.98 Å². The fraction of sp³-hybridized carbons (Fsp3) is 0.167. The van der Waals surface area contributed by atoms with Crippen LogP contribution >= 0.6 is 0 Å². The molecule has 3 aromatic rings. The molecule has 0 aliphatic rings. The molecule has 0 aliphatic carbocycles. The number of hydrogen-bond acceptors (Lipinski definition) is 4. The highest BCUT2D eigenvalue weighted by atomic mass is 16.5. The zero-order chi connectivity index (χ0) is 17.1. The molecule has 3 rings (SSSR count). The molecule has 0 spiro atoms. The Bertz CT molecular complexity index is 928. The number of nitrogens with zero attached hydrogens (tertiary/aromatic N) is 2. The molecule has 0 aliphatic heterocycles. The van der Waals surface area contributed by atoms with Crippen molar-refractivity contribution in [3.05, 3.63) is 53.6 Å². The predicted molar refractivity (Wildman–Crippen MR) is 90.9 cm³/mol. The summed E-state index contributed by atoms with van der Waals surface area (Å²) in [6.45, 7) is 3.70. The zero-order valence-corrected chi connectivity index (χ0v) is 13.4. The van der Waals surface area contributed by atoms with E-state index in [0.29, 0.717) is 11.1 Å². The van der Waals surface area contributed by atoms with E-state index >= 15 is 0 Å². The van der Waals surface area contributed by atoms with Crippen LogP contribution in [0.2, 0.25) is 0 Å². The summed E-state index contributed by atoms with van der Waals surface area (Å²) in [5, 5.41) is 18.1. The van der Waals surface area contributed by atoms with E-state index in [0.717, 1.165) is 16.6 Å². The lowest BCUT2D eigenvalue weighted by Crippen LogP contribution is -2.08. The Balaban J connectivity index is 1.71. The molecule has 0 saturated heterocycles. The Morgan fingerprint density at radius 2 is 1.96 bits per heavy atom. The molecule has 0 unspecified atom stereocenters. The summed E-state index contributed by atoms with van der Waals surface area (Å²) >= 11 is 0. The summed E-state index contributed by atoms with van der Waals surface area (Å²) in [6.07, 6.45) is 0. The molecular formula is C18H17N3O3. The second-order valence-electron chi connectivity index (χ2n) is 5.45. The first-order valence-corrected chi connectivity index (χ1v) is 7.49. The number of ether oxygens (including phenoxy) is 1. The Labute approximate surface area is 138 Å². The second-order valence-corrected chi connectivity index (χ2v) is 5.45. The van der Waals surface area contributed by atoms with E-state index < -0.39 is 5.91 Å². The van der Waals surface area contributed by atoms with Gasteiger partial charge in [-0.3, -0.25) is 4.79 Å². The number of benzene rings is 2. The number of carbonyl (C=O) groups is 1. The van der Waals surface area contributed by atoms with E-state index in [1.807, 2.05) is 38.1 Å². The average molecular weight is 323 g/mol. The van der Waals surface area contributed by atoms with Gasteiger partial charge in [0, 0.05) is 5.39 Å². The number of para-hydroxylation sites is 1. The Kier molecular flexibility index (Phi) is 4.29. The zero-order valence-electron chi connectivity index (χ0n) is 13.4. The highest BCUT2D eigenvalue weighted by molar-refractivity contribution is 5.94. The van der Waals surface area contributed by atoms with Crippen LogP contribution in [0.3, 0.4) is 0 Å². The van der Waals surface area contributed by atoms with Gasteiger partial charge in [-0.1, -0.05) is 30.3 Å². The van der Waals surface area contributed by atoms with E-state index in [1.54, 1.807) is 18.2 Å². The van der Waals surface area contributed by atoms with E-state index in [4.69, 9.17) is 4.74 Å². The summed E-state index contributed by atoms with van der Waals surface area (Å²) < 4.78 is 5.49. The van der Waals surface area contributed by atoms with E-state index in [9.17, 15) is 9.90 Å². The van der Waals surface area contributed by atoms with Gasteiger partial charge in [-0.2, -0.15) is 0 Å². The van der Waals surface area contributed by atoms with E-state index in [1.165, 1.54) is 0 Å². The lowest BCUT2D eigenvalue weighted by Gasteiger charge is -2.08. The number of aromatic nitrogens is 1. The van der Waals surface area contributed by atoms with Crippen LogP contribution in [0, 0.1) is 13.8 Å². The summed E-state index contributed by atoms with van der Waals surface area (Å²) in [5.74, 6) is -0.00252. The third-order valence-corrected chi connectivity index (χ3v) is 3.83. The van der Waals surface area contributed by atoms with E-state index in [-0.39, 0.29) is 18.2 Å². The second kappa shape index (κ2) is 6.54. The van der Waals surface area contributed by atoms with Gasteiger partial charge in [0.2, 0.25) is 5.88 Å². The number of rotatable bonds is 4. The molecule has 2 aromatic carbocycles. The average Bonchev–Trinajstić information content (AvgIpc) is 2.89. The lowest BCUT2D eigenvalue weighted by molar-refractivity contribution is -0.120. The number of amides is 1. The lowest BCUT2D eigenvalue weighted by atomic mass is 10.1. The Morgan fingerprint density at radius 3 is 2.79 bits per heavy atom.